The lowest BCUT2D eigenvalue weighted by Crippen LogP contribution is -2.10. The number of carbonyl (C=O) groups excluding carboxylic acids is 1. The van der Waals surface area contributed by atoms with Gasteiger partial charge in [-0.1, -0.05) is 28.1 Å². The summed E-state index contributed by atoms with van der Waals surface area (Å²) >= 11 is 3.38. The zero-order chi connectivity index (χ0) is 14.5. The average Bonchev–Trinajstić information content (AvgIpc) is 2.47. The summed E-state index contributed by atoms with van der Waals surface area (Å²) in [4.78, 5) is 20.3. The molecule has 0 aliphatic heterocycles. The van der Waals surface area contributed by atoms with E-state index in [1.165, 1.54) is 6.20 Å². The van der Waals surface area contributed by atoms with E-state index in [2.05, 4.69) is 31.2 Å². The molecule has 104 valence electrons. The molecule has 2 rings (SSSR count). The number of carbonyl (C=O) groups is 1. The van der Waals surface area contributed by atoms with E-state index in [-0.39, 0.29) is 0 Å². The van der Waals surface area contributed by atoms with Gasteiger partial charge in [0.15, 0.2) is 5.82 Å². The van der Waals surface area contributed by atoms with Crippen LogP contribution in [0.5, 0.6) is 0 Å². The molecule has 0 amide bonds. The maximum Gasteiger partial charge on any atom is 0.343 e. The van der Waals surface area contributed by atoms with Crippen LogP contribution >= 0.6 is 15.9 Å². The fourth-order valence-electron chi connectivity index (χ4n) is 1.67. The fraction of sp³-hybridized carbons (Fsp3) is 0.214. The zero-order valence-electron chi connectivity index (χ0n) is 11.2. The van der Waals surface area contributed by atoms with Gasteiger partial charge in [0.1, 0.15) is 11.4 Å². The topological polar surface area (TPSA) is 64.1 Å². The Bertz CT molecular complexity index is 614. The van der Waals surface area contributed by atoms with E-state index < -0.39 is 5.97 Å². The van der Waals surface area contributed by atoms with Crippen molar-refractivity contribution in [3.63, 3.8) is 0 Å². The van der Waals surface area contributed by atoms with E-state index in [1.54, 1.807) is 14.0 Å². The van der Waals surface area contributed by atoms with Crippen LogP contribution in [0.2, 0.25) is 0 Å². The second kappa shape index (κ2) is 6.47. The van der Waals surface area contributed by atoms with Gasteiger partial charge < -0.3 is 10.1 Å². The van der Waals surface area contributed by atoms with Gasteiger partial charge in [0.05, 0.1) is 6.61 Å². The van der Waals surface area contributed by atoms with E-state index in [1.807, 2.05) is 24.3 Å². The lowest BCUT2D eigenvalue weighted by atomic mass is 10.2. The summed E-state index contributed by atoms with van der Waals surface area (Å²) < 4.78 is 5.95. The number of hydrogen-bond donors (Lipinski definition) is 1. The Morgan fingerprint density at radius 3 is 2.65 bits per heavy atom. The highest BCUT2D eigenvalue weighted by atomic mass is 79.9. The minimum atomic E-state index is -0.431. The molecular formula is C14H14BrN3O2. The van der Waals surface area contributed by atoms with Gasteiger partial charge in [-0.15, -0.1) is 0 Å². The lowest BCUT2D eigenvalue weighted by Gasteiger charge is -2.09. The van der Waals surface area contributed by atoms with Crippen LogP contribution in [0.4, 0.5) is 5.82 Å². The number of anilines is 1. The van der Waals surface area contributed by atoms with Crippen molar-refractivity contribution < 1.29 is 9.53 Å². The van der Waals surface area contributed by atoms with Crippen molar-refractivity contribution in [2.75, 3.05) is 19.0 Å². The summed E-state index contributed by atoms with van der Waals surface area (Å²) in [5.74, 6) is 0.575. The Hall–Kier alpha value is -1.95. The molecule has 6 heteroatoms. The van der Waals surface area contributed by atoms with Gasteiger partial charge in [-0.3, -0.25) is 0 Å². The molecule has 0 radical (unpaired) electrons. The fourth-order valence-corrected chi connectivity index (χ4v) is 1.93. The molecule has 0 fully saturated rings. The molecule has 0 spiro atoms. The monoisotopic (exact) mass is 335 g/mol. The zero-order valence-corrected chi connectivity index (χ0v) is 12.8. The van der Waals surface area contributed by atoms with Gasteiger partial charge in [0, 0.05) is 23.3 Å². The summed E-state index contributed by atoms with van der Waals surface area (Å²) in [5.41, 5.74) is 1.20. The van der Waals surface area contributed by atoms with Crippen molar-refractivity contribution in [1.29, 1.82) is 0 Å². The lowest BCUT2D eigenvalue weighted by molar-refractivity contribution is 0.0526. The summed E-state index contributed by atoms with van der Waals surface area (Å²) in [6, 6.07) is 7.64. The quantitative estimate of drug-likeness (QED) is 0.869. The second-order valence-electron chi connectivity index (χ2n) is 3.93. The van der Waals surface area contributed by atoms with E-state index in [4.69, 9.17) is 4.74 Å². The van der Waals surface area contributed by atoms with Crippen molar-refractivity contribution >= 4 is 27.7 Å². The molecule has 1 heterocycles. The summed E-state index contributed by atoms with van der Waals surface area (Å²) in [6.07, 6.45) is 1.48. The van der Waals surface area contributed by atoms with E-state index in [0.717, 1.165) is 10.0 Å². The van der Waals surface area contributed by atoms with Crippen LogP contribution in [0.15, 0.2) is 34.9 Å². The summed E-state index contributed by atoms with van der Waals surface area (Å²) in [5, 5.41) is 2.90. The molecule has 1 N–H and O–H groups in total. The number of esters is 1. The number of aromatic nitrogens is 2. The Morgan fingerprint density at radius 1 is 1.35 bits per heavy atom. The largest absolute Gasteiger partial charge is 0.462 e. The number of nitrogens with one attached hydrogen (secondary N) is 1. The van der Waals surface area contributed by atoms with E-state index >= 15 is 0 Å². The third-order valence-electron chi connectivity index (χ3n) is 2.62. The molecule has 2 aromatic rings. The van der Waals surface area contributed by atoms with Crippen molar-refractivity contribution in [2.45, 2.75) is 6.92 Å². The first-order chi connectivity index (χ1) is 9.65. The third-order valence-corrected chi connectivity index (χ3v) is 3.15. The van der Waals surface area contributed by atoms with E-state index in [9.17, 15) is 4.79 Å². The SMILES string of the molecule is CCOC(=O)c1cnc(-c2ccc(Br)cc2)nc1NC. The molecule has 1 aromatic heterocycles. The normalized spacial score (nSPS) is 10.2. The van der Waals surface area contributed by atoms with Crippen molar-refractivity contribution in [1.82, 2.24) is 9.97 Å². The number of rotatable bonds is 4. The molecule has 0 saturated heterocycles. The van der Waals surface area contributed by atoms with Crippen LogP contribution in [-0.2, 0) is 4.74 Å². The Kier molecular flexibility index (Phi) is 4.68. The molecule has 20 heavy (non-hydrogen) atoms. The maximum atomic E-state index is 11.8. The van der Waals surface area contributed by atoms with Gasteiger partial charge in [-0.2, -0.15) is 0 Å². The summed E-state index contributed by atoms with van der Waals surface area (Å²) in [7, 11) is 1.70. The first-order valence-corrected chi connectivity index (χ1v) is 6.93. The Balaban J connectivity index is 2.38. The minimum Gasteiger partial charge on any atom is -0.462 e. The summed E-state index contributed by atoms with van der Waals surface area (Å²) in [6.45, 7) is 2.07. The Morgan fingerprint density at radius 2 is 2.05 bits per heavy atom. The highest BCUT2D eigenvalue weighted by molar-refractivity contribution is 9.10. The van der Waals surface area contributed by atoms with Gasteiger partial charge in [0.25, 0.3) is 0 Å². The molecule has 0 unspecified atom stereocenters. The number of ether oxygens (including phenoxy) is 1. The van der Waals surface area contributed by atoms with Crippen molar-refractivity contribution in [2.24, 2.45) is 0 Å². The number of hydrogen-bond acceptors (Lipinski definition) is 5. The van der Waals surface area contributed by atoms with Gasteiger partial charge in [-0.05, 0) is 19.1 Å². The molecule has 0 aliphatic carbocycles. The number of benzene rings is 1. The molecule has 5 nitrogen and oxygen atoms in total. The third kappa shape index (κ3) is 3.14. The first-order valence-electron chi connectivity index (χ1n) is 6.13. The average molecular weight is 336 g/mol. The van der Waals surface area contributed by atoms with Crippen molar-refractivity contribution in [3.05, 3.63) is 40.5 Å². The van der Waals surface area contributed by atoms with Crippen LogP contribution in [-0.4, -0.2) is 29.6 Å². The van der Waals surface area contributed by atoms with Crippen LogP contribution in [0.25, 0.3) is 11.4 Å². The molecule has 0 atom stereocenters. The molecule has 0 bridgehead atoms. The second-order valence-corrected chi connectivity index (χ2v) is 4.85. The number of nitrogens with zero attached hydrogens (tertiary/aromatic N) is 2. The Labute approximate surface area is 125 Å². The van der Waals surface area contributed by atoms with Gasteiger partial charge >= 0.3 is 5.97 Å². The predicted molar refractivity (Wildman–Crippen MR) is 80.7 cm³/mol. The van der Waals surface area contributed by atoms with Crippen LogP contribution < -0.4 is 5.32 Å². The first kappa shape index (κ1) is 14.5. The van der Waals surface area contributed by atoms with Gasteiger partial charge in [-0.25, -0.2) is 14.8 Å². The van der Waals surface area contributed by atoms with E-state index in [0.29, 0.717) is 23.8 Å². The highest BCUT2D eigenvalue weighted by Gasteiger charge is 2.15. The number of halogens is 1. The standard InChI is InChI=1S/C14H14BrN3O2/c1-3-20-14(19)11-8-17-12(18-13(11)16-2)9-4-6-10(15)7-5-9/h4-8H,3H2,1-2H3,(H,16,17,18). The molecule has 0 aliphatic rings. The molecular weight excluding hydrogens is 322 g/mol. The minimum absolute atomic E-state index is 0.316. The smallest absolute Gasteiger partial charge is 0.343 e. The van der Waals surface area contributed by atoms with Crippen molar-refractivity contribution in [3.8, 4) is 11.4 Å². The maximum absolute atomic E-state index is 11.8. The highest BCUT2D eigenvalue weighted by Crippen LogP contribution is 2.21. The van der Waals surface area contributed by atoms with Gasteiger partial charge in [0.2, 0.25) is 0 Å². The molecule has 0 saturated carbocycles. The van der Waals surface area contributed by atoms with Crippen LogP contribution in [0.3, 0.4) is 0 Å². The van der Waals surface area contributed by atoms with Crippen LogP contribution in [0, 0.1) is 0 Å². The molecule has 1 aromatic carbocycles. The predicted octanol–water partition coefficient (Wildman–Crippen LogP) is 3.12. The van der Waals surface area contributed by atoms with Crippen LogP contribution in [0.1, 0.15) is 17.3 Å².